The third-order valence-corrected chi connectivity index (χ3v) is 3.67. The molecule has 128 valence electrons. The van der Waals surface area contributed by atoms with Crippen LogP contribution in [0.3, 0.4) is 0 Å². The number of aromatic nitrogens is 1. The number of nitrogens with one attached hydrogen (secondary N) is 1. The van der Waals surface area contributed by atoms with Gasteiger partial charge in [-0.15, -0.1) is 0 Å². The first-order valence-corrected chi connectivity index (χ1v) is 8.31. The molecule has 4 heteroatoms. The van der Waals surface area contributed by atoms with E-state index in [9.17, 15) is 4.79 Å². The van der Waals surface area contributed by atoms with E-state index in [1.54, 1.807) is 6.20 Å². The molecule has 1 N–H and O–H groups in total. The Morgan fingerprint density at radius 2 is 1.80 bits per heavy atom. The summed E-state index contributed by atoms with van der Waals surface area (Å²) in [5.74, 6) is 0.475. The molecule has 1 atom stereocenters. The Morgan fingerprint density at radius 1 is 1.04 bits per heavy atom. The average Bonchev–Trinajstić information content (AvgIpc) is 2.58. The minimum Gasteiger partial charge on any atom is -0.476 e. The van der Waals surface area contributed by atoms with Crippen molar-refractivity contribution in [3.8, 4) is 5.75 Å². The van der Waals surface area contributed by atoms with E-state index in [0.29, 0.717) is 5.75 Å². The molecule has 3 rings (SSSR count). The minimum atomic E-state index is -0.713. The van der Waals surface area contributed by atoms with Crippen molar-refractivity contribution in [2.45, 2.75) is 32.4 Å². The summed E-state index contributed by atoms with van der Waals surface area (Å²) in [5, 5.41) is 3.97. The molecule has 0 saturated carbocycles. The molecular formula is C21H22N2O2. The van der Waals surface area contributed by atoms with Crippen molar-refractivity contribution in [1.82, 2.24) is 10.3 Å². The van der Waals surface area contributed by atoms with Gasteiger partial charge in [-0.05, 0) is 45.0 Å². The van der Waals surface area contributed by atoms with Crippen molar-refractivity contribution in [3.63, 3.8) is 0 Å². The number of fused-ring (bicyclic) bond motifs is 1. The highest BCUT2D eigenvalue weighted by Gasteiger charge is 2.26. The fourth-order valence-electron chi connectivity index (χ4n) is 2.60. The lowest BCUT2D eigenvalue weighted by Gasteiger charge is -2.25. The number of hydrogen-bond acceptors (Lipinski definition) is 3. The van der Waals surface area contributed by atoms with E-state index in [1.165, 1.54) is 0 Å². The number of rotatable bonds is 4. The van der Waals surface area contributed by atoms with Gasteiger partial charge in [0.25, 0.3) is 5.91 Å². The van der Waals surface area contributed by atoms with Gasteiger partial charge in [0.05, 0.1) is 5.52 Å². The van der Waals surface area contributed by atoms with Crippen molar-refractivity contribution in [3.05, 3.63) is 72.4 Å². The molecule has 0 saturated heterocycles. The summed E-state index contributed by atoms with van der Waals surface area (Å²) >= 11 is 0. The lowest BCUT2D eigenvalue weighted by Crippen LogP contribution is -2.44. The van der Waals surface area contributed by atoms with Crippen LogP contribution in [0.15, 0.2) is 66.9 Å². The Labute approximate surface area is 147 Å². The zero-order valence-electron chi connectivity index (χ0n) is 14.7. The Hall–Kier alpha value is -2.88. The van der Waals surface area contributed by atoms with Crippen LogP contribution in [-0.2, 0) is 4.79 Å². The number of carbonyl (C=O) groups is 1. The summed E-state index contributed by atoms with van der Waals surface area (Å²) in [5.41, 5.74) is 1.38. The minimum absolute atomic E-state index is 0.162. The second kappa shape index (κ2) is 6.93. The van der Waals surface area contributed by atoms with Crippen LogP contribution in [0.2, 0.25) is 0 Å². The Morgan fingerprint density at radius 3 is 2.52 bits per heavy atom. The third-order valence-electron chi connectivity index (χ3n) is 3.67. The summed E-state index contributed by atoms with van der Waals surface area (Å²) < 4.78 is 6.08. The first-order chi connectivity index (χ1) is 11.9. The molecule has 0 fully saturated rings. The summed E-state index contributed by atoms with van der Waals surface area (Å²) in [4.78, 5) is 17.1. The van der Waals surface area contributed by atoms with E-state index in [-0.39, 0.29) is 11.4 Å². The fraction of sp³-hybridized carbons (Fsp3) is 0.238. The molecule has 0 spiro atoms. The number of nitrogens with zero attached hydrogens (tertiary/aromatic N) is 1. The van der Waals surface area contributed by atoms with Crippen LogP contribution in [0, 0.1) is 0 Å². The maximum Gasteiger partial charge on any atom is 0.266 e. The highest BCUT2D eigenvalue weighted by atomic mass is 16.5. The number of pyridine rings is 1. The Kier molecular flexibility index (Phi) is 4.70. The third kappa shape index (κ3) is 4.35. The molecule has 0 bridgehead atoms. The monoisotopic (exact) mass is 334 g/mol. The van der Waals surface area contributed by atoms with Gasteiger partial charge >= 0.3 is 0 Å². The zero-order chi connectivity index (χ0) is 17.9. The van der Waals surface area contributed by atoms with E-state index in [2.05, 4.69) is 10.3 Å². The van der Waals surface area contributed by atoms with E-state index >= 15 is 0 Å². The van der Waals surface area contributed by atoms with E-state index in [0.717, 1.165) is 16.5 Å². The predicted octanol–water partition coefficient (Wildman–Crippen LogP) is 4.27. The van der Waals surface area contributed by atoms with Crippen molar-refractivity contribution < 1.29 is 9.53 Å². The SMILES string of the molecule is CC(C)(C)NC(=O)C(Oc1ccc2ncccc2c1)c1ccccc1. The standard InChI is InChI=1S/C21H22N2O2/c1-21(2,3)23-20(24)19(15-8-5-4-6-9-15)25-17-11-12-18-16(14-17)10-7-13-22-18/h4-14,19H,1-3H3,(H,23,24). The van der Waals surface area contributed by atoms with Crippen molar-refractivity contribution >= 4 is 16.8 Å². The van der Waals surface area contributed by atoms with Gasteiger partial charge in [-0.25, -0.2) is 0 Å². The fourth-order valence-corrected chi connectivity index (χ4v) is 2.60. The van der Waals surface area contributed by atoms with Crippen LogP contribution in [-0.4, -0.2) is 16.4 Å². The van der Waals surface area contributed by atoms with Crippen molar-refractivity contribution in [2.24, 2.45) is 0 Å². The smallest absolute Gasteiger partial charge is 0.266 e. The van der Waals surface area contributed by atoms with Crippen LogP contribution in [0.5, 0.6) is 5.75 Å². The number of ether oxygens (including phenoxy) is 1. The van der Waals surface area contributed by atoms with Crippen LogP contribution in [0.1, 0.15) is 32.4 Å². The highest BCUT2D eigenvalue weighted by Crippen LogP contribution is 2.26. The van der Waals surface area contributed by atoms with Gasteiger partial charge < -0.3 is 10.1 Å². The summed E-state index contributed by atoms with van der Waals surface area (Å²) in [6.45, 7) is 5.86. The quantitative estimate of drug-likeness (QED) is 0.775. The van der Waals surface area contributed by atoms with Crippen LogP contribution in [0.25, 0.3) is 10.9 Å². The van der Waals surface area contributed by atoms with E-state index in [4.69, 9.17) is 4.74 Å². The number of hydrogen-bond donors (Lipinski definition) is 1. The molecular weight excluding hydrogens is 312 g/mol. The number of carbonyl (C=O) groups excluding carboxylic acids is 1. The predicted molar refractivity (Wildman–Crippen MR) is 99.4 cm³/mol. The highest BCUT2D eigenvalue weighted by molar-refractivity contribution is 5.84. The van der Waals surface area contributed by atoms with Gasteiger partial charge in [0.1, 0.15) is 5.75 Å². The normalized spacial score (nSPS) is 12.6. The lowest BCUT2D eigenvalue weighted by atomic mass is 10.1. The molecule has 0 aliphatic carbocycles. The summed E-state index contributed by atoms with van der Waals surface area (Å²) in [7, 11) is 0. The zero-order valence-corrected chi connectivity index (χ0v) is 14.7. The molecule has 1 heterocycles. The second-order valence-electron chi connectivity index (χ2n) is 7.01. The molecule has 1 amide bonds. The lowest BCUT2D eigenvalue weighted by molar-refractivity contribution is -0.129. The Bertz CT molecular complexity index is 870. The van der Waals surface area contributed by atoms with E-state index in [1.807, 2.05) is 81.4 Å². The van der Waals surface area contributed by atoms with Gasteiger partial charge in [-0.2, -0.15) is 0 Å². The van der Waals surface area contributed by atoms with Crippen LogP contribution in [0.4, 0.5) is 0 Å². The van der Waals surface area contributed by atoms with Gasteiger partial charge in [0.2, 0.25) is 6.10 Å². The molecule has 4 nitrogen and oxygen atoms in total. The van der Waals surface area contributed by atoms with Gasteiger partial charge in [0.15, 0.2) is 0 Å². The maximum absolute atomic E-state index is 12.8. The largest absolute Gasteiger partial charge is 0.476 e. The average molecular weight is 334 g/mol. The number of benzene rings is 2. The second-order valence-corrected chi connectivity index (χ2v) is 7.01. The van der Waals surface area contributed by atoms with Gasteiger partial charge in [-0.1, -0.05) is 36.4 Å². The topological polar surface area (TPSA) is 51.2 Å². The van der Waals surface area contributed by atoms with Crippen LogP contribution >= 0.6 is 0 Å². The molecule has 2 aromatic carbocycles. The molecule has 1 aromatic heterocycles. The molecule has 1 unspecified atom stereocenters. The van der Waals surface area contributed by atoms with Crippen molar-refractivity contribution in [2.75, 3.05) is 0 Å². The summed E-state index contributed by atoms with van der Waals surface area (Å²) in [6.07, 6.45) is 1.04. The molecule has 25 heavy (non-hydrogen) atoms. The first-order valence-electron chi connectivity index (χ1n) is 8.31. The molecule has 3 aromatic rings. The number of amides is 1. The van der Waals surface area contributed by atoms with Crippen molar-refractivity contribution in [1.29, 1.82) is 0 Å². The van der Waals surface area contributed by atoms with Crippen LogP contribution < -0.4 is 10.1 Å². The summed E-state index contributed by atoms with van der Waals surface area (Å²) in [6, 6.07) is 19.0. The first kappa shape index (κ1) is 17.0. The maximum atomic E-state index is 12.8. The molecule has 0 aliphatic heterocycles. The van der Waals surface area contributed by atoms with Gasteiger partial charge in [0, 0.05) is 22.7 Å². The Balaban J connectivity index is 1.92. The van der Waals surface area contributed by atoms with Gasteiger partial charge in [-0.3, -0.25) is 9.78 Å². The molecule has 0 radical (unpaired) electrons. The van der Waals surface area contributed by atoms with E-state index < -0.39 is 6.10 Å². The molecule has 0 aliphatic rings.